The highest BCUT2D eigenvalue weighted by molar-refractivity contribution is 5.53. The molecule has 1 atom stereocenters. The summed E-state index contributed by atoms with van der Waals surface area (Å²) in [6.45, 7) is 7.13. The lowest BCUT2D eigenvalue weighted by Crippen LogP contribution is -2.34. The van der Waals surface area contributed by atoms with Gasteiger partial charge in [0.1, 0.15) is 6.29 Å². The van der Waals surface area contributed by atoms with Crippen LogP contribution in [0.1, 0.15) is 23.6 Å². The zero-order chi connectivity index (χ0) is 11.5. The minimum atomic E-state index is 0.145. The van der Waals surface area contributed by atoms with E-state index in [0.29, 0.717) is 0 Å². The summed E-state index contributed by atoms with van der Waals surface area (Å²) < 4.78 is 0. The molecule has 1 aliphatic rings. The van der Waals surface area contributed by atoms with Gasteiger partial charge in [0.15, 0.2) is 0 Å². The van der Waals surface area contributed by atoms with Crippen LogP contribution in [0.25, 0.3) is 0 Å². The highest BCUT2D eigenvalue weighted by atomic mass is 16.1. The summed E-state index contributed by atoms with van der Waals surface area (Å²) in [7, 11) is 0. The summed E-state index contributed by atoms with van der Waals surface area (Å²) in [6.07, 6.45) is 2.17. The van der Waals surface area contributed by atoms with Crippen molar-refractivity contribution >= 4 is 6.29 Å². The van der Waals surface area contributed by atoms with Gasteiger partial charge in [0, 0.05) is 25.6 Å². The van der Waals surface area contributed by atoms with Gasteiger partial charge in [0.2, 0.25) is 0 Å². The number of hydrogen-bond donors (Lipinski definition) is 0. The number of carbonyl (C=O) groups is 1. The first kappa shape index (κ1) is 11.3. The SMILES string of the molecule is Cc1cccc2c1CCN(CC(C)C=O)C2. The number of nitrogens with zero attached hydrogens (tertiary/aromatic N) is 1. The van der Waals surface area contributed by atoms with Crippen molar-refractivity contribution in [2.45, 2.75) is 26.8 Å². The van der Waals surface area contributed by atoms with Crippen LogP contribution in [0, 0.1) is 12.8 Å². The average molecular weight is 217 g/mol. The van der Waals surface area contributed by atoms with Gasteiger partial charge in [0.05, 0.1) is 0 Å². The van der Waals surface area contributed by atoms with E-state index >= 15 is 0 Å². The van der Waals surface area contributed by atoms with Crippen LogP contribution in [0.4, 0.5) is 0 Å². The highest BCUT2D eigenvalue weighted by Gasteiger charge is 2.18. The van der Waals surface area contributed by atoms with Gasteiger partial charge < -0.3 is 4.79 Å². The van der Waals surface area contributed by atoms with Gasteiger partial charge in [-0.05, 0) is 30.0 Å². The fourth-order valence-electron chi connectivity index (χ4n) is 2.46. The van der Waals surface area contributed by atoms with E-state index < -0.39 is 0 Å². The van der Waals surface area contributed by atoms with Crippen molar-refractivity contribution in [2.75, 3.05) is 13.1 Å². The topological polar surface area (TPSA) is 20.3 Å². The van der Waals surface area contributed by atoms with Crippen molar-refractivity contribution in [3.05, 3.63) is 34.9 Å². The number of aldehydes is 1. The summed E-state index contributed by atoms with van der Waals surface area (Å²) in [5.41, 5.74) is 4.35. The van der Waals surface area contributed by atoms with Crippen LogP contribution in [0.3, 0.4) is 0 Å². The normalized spacial score (nSPS) is 17.9. The molecule has 0 radical (unpaired) electrons. The molecule has 86 valence electrons. The van der Waals surface area contributed by atoms with Gasteiger partial charge >= 0.3 is 0 Å². The molecule has 0 spiro atoms. The van der Waals surface area contributed by atoms with Crippen LogP contribution < -0.4 is 0 Å². The van der Waals surface area contributed by atoms with Crippen LogP contribution in [-0.2, 0) is 17.8 Å². The zero-order valence-corrected chi connectivity index (χ0v) is 10.1. The number of carbonyl (C=O) groups excluding carboxylic acids is 1. The summed E-state index contributed by atoms with van der Waals surface area (Å²) in [6, 6.07) is 6.52. The third kappa shape index (κ3) is 2.33. The average Bonchev–Trinajstić information content (AvgIpc) is 2.29. The van der Waals surface area contributed by atoms with Crippen LogP contribution in [0.5, 0.6) is 0 Å². The van der Waals surface area contributed by atoms with Crippen LogP contribution in [-0.4, -0.2) is 24.3 Å². The Bertz CT molecular complexity index is 386. The number of rotatable bonds is 3. The molecule has 0 N–H and O–H groups in total. The van der Waals surface area contributed by atoms with Crippen molar-refractivity contribution in [2.24, 2.45) is 5.92 Å². The van der Waals surface area contributed by atoms with E-state index in [1.165, 1.54) is 16.7 Å². The summed E-state index contributed by atoms with van der Waals surface area (Å²) in [5.74, 6) is 0.145. The van der Waals surface area contributed by atoms with Gasteiger partial charge in [0.25, 0.3) is 0 Å². The quantitative estimate of drug-likeness (QED) is 0.723. The second-order valence-corrected chi connectivity index (χ2v) is 4.81. The molecule has 0 fully saturated rings. The van der Waals surface area contributed by atoms with Gasteiger partial charge in [-0.15, -0.1) is 0 Å². The molecule has 0 saturated heterocycles. The molecule has 1 aromatic rings. The van der Waals surface area contributed by atoms with E-state index in [4.69, 9.17) is 0 Å². The first-order valence-electron chi connectivity index (χ1n) is 5.95. The van der Waals surface area contributed by atoms with Crippen LogP contribution >= 0.6 is 0 Å². The minimum absolute atomic E-state index is 0.145. The minimum Gasteiger partial charge on any atom is -0.303 e. The molecule has 1 unspecified atom stereocenters. The molecule has 1 aliphatic heterocycles. The number of hydrogen-bond acceptors (Lipinski definition) is 2. The predicted octanol–water partition coefficient (Wildman–Crippen LogP) is 2.19. The van der Waals surface area contributed by atoms with Gasteiger partial charge in [-0.2, -0.15) is 0 Å². The highest BCUT2D eigenvalue weighted by Crippen LogP contribution is 2.22. The standard InChI is InChI=1S/C14H19NO/c1-11(10-16)8-15-7-6-14-12(2)4-3-5-13(14)9-15/h3-5,10-11H,6-9H2,1-2H3. The van der Waals surface area contributed by atoms with Crippen LogP contribution in [0.15, 0.2) is 18.2 Å². The largest absolute Gasteiger partial charge is 0.303 e. The molecule has 16 heavy (non-hydrogen) atoms. The Morgan fingerprint density at radius 3 is 3.06 bits per heavy atom. The maximum atomic E-state index is 10.7. The molecule has 0 amide bonds. The molecule has 0 saturated carbocycles. The molecule has 2 heteroatoms. The number of fused-ring (bicyclic) bond motifs is 1. The third-order valence-electron chi connectivity index (χ3n) is 3.36. The Balaban J connectivity index is 2.09. The van der Waals surface area contributed by atoms with Gasteiger partial charge in [-0.3, -0.25) is 4.90 Å². The molecule has 1 aromatic carbocycles. The fraction of sp³-hybridized carbons (Fsp3) is 0.500. The molecule has 0 aliphatic carbocycles. The number of aryl methyl sites for hydroxylation is 1. The Morgan fingerprint density at radius 1 is 1.50 bits per heavy atom. The fourth-order valence-corrected chi connectivity index (χ4v) is 2.46. The van der Waals surface area contributed by atoms with Crippen molar-refractivity contribution in [1.82, 2.24) is 4.90 Å². The third-order valence-corrected chi connectivity index (χ3v) is 3.36. The second kappa shape index (κ2) is 4.79. The van der Waals surface area contributed by atoms with Crippen molar-refractivity contribution in [1.29, 1.82) is 0 Å². The predicted molar refractivity (Wildman–Crippen MR) is 65.4 cm³/mol. The second-order valence-electron chi connectivity index (χ2n) is 4.81. The van der Waals surface area contributed by atoms with E-state index in [1.807, 2.05) is 6.92 Å². The van der Waals surface area contributed by atoms with E-state index in [-0.39, 0.29) is 5.92 Å². The van der Waals surface area contributed by atoms with Crippen LogP contribution in [0.2, 0.25) is 0 Å². The van der Waals surface area contributed by atoms with Gasteiger partial charge in [-0.25, -0.2) is 0 Å². The lowest BCUT2D eigenvalue weighted by atomic mass is 9.95. The monoisotopic (exact) mass is 217 g/mol. The smallest absolute Gasteiger partial charge is 0.124 e. The molecule has 1 heterocycles. The first-order valence-corrected chi connectivity index (χ1v) is 5.95. The lowest BCUT2D eigenvalue weighted by molar-refractivity contribution is -0.111. The molecular formula is C14H19NO. The van der Waals surface area contributed by atoms with E-state index in [9.17, 15) is 4.79 Å². The Kier molecular flexibility index (Phi) is 3.39. The van der Waals surface area contributed by atoms with E-state index in [2.05, 4.69) is 30.0 Å². The number of benzene rings is 1. The molecule has 0 aromatic heterocycles. The van der Waals surface area contributed by atoms with Crippen molar-refractivity contribution < 1.29 is 4.79 Å². The Morgan fingerprint density at radius 2 is 2.31 bits per heavy atom. The molecule has 0 bridgehead atoms. The van der Waals surface area contributed by atoms with E-state index in [0.717, 1.165) is 32.3 Å². The summed E-state index contributed by atoms with van der Waals surface area (Å²) >= 11 is 0. The molecule has 2 rings (SSSR count). The first-order chi connectivity index (χ1) is 7.70. The van der Waals surface area contributed by atoms with Crippen molar-refractivity contribution in [3.63, 3.8) is 0 Å². The lowest BCUT2D eigenvalue weighted by Gasteiger charge is -2.30. The maximum Gasteiger partial charge on any atom is 0.124 e. The summed E-state index contributed by atoms with van der Waals surface area (Å²) in [4.78, 5) is 13.0. The Hall–Kier alpha value is -1.15. The maximum absolute atomic E-state index is 10.7. The van der Waals surface area contributed by atoms with Gasteiger partial charge in [-0.1, -0.05) is 25.1 Å². The molecular weight excluding hydrogens is 198 g/mol. The Labute approximate surface area is 97.3 Å². The molecule has 2 nitrogen and oxygen atoms in total. The van der Waals surface area contributed by atoms with Crippen molar-refractivity contribution in [3.8, 4) is 0 Å². The zero-order valence-electron chi connectivity index (χ0n) is 10.1. The van der Waals surface area contributed by atoms with E-state index in [1.54, 1.807) is 0 Å². The summed E-state index contributed by atoms with van der Waals surface area (Å²) in [5, 5.41) is 0.